The molecule has 0 saturated carbocycles. The zero-order valence-corrected chi connectivity index (χ0v) is 16.5. The molecule has 2 aromatic rings. The summed E-state index contributed by atoms with van der Waals surface area (Å²) in [6.07, 6.45) is 0.879. The van der Waals surface area contributed by atoms with Crippen molar-refractivity contribution in [1.29, 1.82) is 0 Å². The fraction of sp³-hybridized carbons (Fsp3) is 0.421. The van der Waals surface area contributed by atoms with Gasteiger partial charge in [-0.15, -0.1) is 0 Å². The number of aryl methyl sites for hydroxylation is 1. The number of nitrogens with zero attached hydrogens (tertiary/aromatic N) is 3. The zero-order valence-electron chi connectivity index (χ0n) is 15.7. The number of rotatable bonds is 6. The van der Waals surface area contributed by atoms with E-state index in [0.717, 1.165) is 17.1 Å². The highest BCUT2D eigenvalue weighted by Crippen LogP contribution is 2.22. The highest BCUT2D eigenvalue weighted by atomic mass is 32.2. The first-order valence-electron chi connectivity index (χ1n) is 8.97. The molecule has 1 aromatic carbocycles. The second-order valence-electron chi connectivity index (χ2n) is 6.70. The fourth-order valence-corrected chi connectivity index (χ4v) is 4.14. The molecular formula is C19H25N3O4S. The van der Waals surface area contributed by atoms with Crippen molar-refractivity contribution in [2.45, 2.75) is 12.8 Å². The molecule has 0 unspecified atom stereocenters. The minimum Gasteiger partial charge on any atom is -0.461 e. The molecule has 1 saturated heterocycles. The van der Waals surface area contributed by atoms with E-state index in [9.17, 15) is 13.2 Å². The zero-order chi connectivity index (χ0) is 19.4. The predicted molar refractivity (Wildman–Crippen MR) is 103 cm³/mol. The largest absolute Gasteiger partial charge is 0.461 e. The number of hydrogen-bond donors (Lipinski definition) is 0. The summed E-state index contributed by atoms with van der Waals surface area (Å²) in [6, 6.07) is 13.6. The van der Waals surface area contributed by atoms with Crippen LogP contribution in [0, 0.1) is 0 Å². The molecule has 1 amide bonds. The maximum atomic E-state index is 12.4. The Kier molecular flexibility index (Phi) is 5.98. The maximum Gasteiger partial charge on any atom is 0.281 e. The Morgan fingerprint density at radius 1 is 1.04 bits per heavy atom. The summed E-state index contributed by atoms with van der Waals surface area (Å²) < 4.78 is 32.7. The molecule has 1 aromatic heterocycles. The van der Waals surface area contributed by atoms with Gasteiger partial charge in [-0.3, -0.25) is 4.79 Å². The van der Waals surface area contributed by atoms with Crippen molar-refractivity contribution >= 4 is 16.1 Å². The van der Waals surface area contributed by atoms with Gasteiger partial charge in [0.25, 0.3) is 10.2 Å². The Morgan fingerprint density at radius 2 is 1.70 bits per heavy atom. The first-order chi connectivity index (χ1) is 12.9. The third kappa shape index (κ3) is 4.58. The number of benzene rings is 1. The van der Waals surface area contributed by atoms with Gasteiger partial charge in [-0.25, -0.2) is 0 Å². The maximum absolute atomic E-state index is 12.4. The van der Waals surface area contributed by atoms with Crippen LogP contribution in [-0.2, 0) is 21.4 Å². The first-order valence-corrected chi connectivity index (χ1v) is 10.4. The topological polar surface area (TPSA) is 74.1 Å². The SMILES string of the molecule is CN(C)S(=O)(=O)N1CCN(C(=O)CCc2ccc(-c3ccccc3)o2)CC1. The molecule has 146 valence electrons. The second-order valence-corrected chi connectivity index (χ2v) is 8.84. The molecule has 2 heterocycles. The summed E-state index contributed by atoms with van der Waals surface area (Å²) in [4.78, 5) is 14.2. The molecule has 8 heteroatoms. The van der Waals surface area contributed by atoms with Gasteiger partial charge < -0.3 is 9.32 Å². The number of carbonyl (C=O) groups excluding carboxylic acids is 1. The molecule has 0 radical (unpaired) electrons. The van der Waals surface area contributed by atoms with Gasteiger partial charge in [-0.1, -0.05) is 30.3 Å². The third-order valence-electron chi connectivity index (χ3n) is 4.68. The van der Waals surface area contributed by atoms with Crippen molar-refractivity contribution in [3.05, 3.63) is 48.2 Å². The third-order valence-corrected chi connectivity index (χ3v) is 6.62. The average Bonchev–Trinajstić information content (AvgIpc) is 3.16. The van der Waals surface area contributed by atoms with E-state index >= 15 is 0 Å². The Morgan fingerprint density at radius 3 is 2.33 bits per heavy atom. The lowest BCUT2D eigenvalue weighted by Crippen LogP contribution is -2.53. The lowest BCUT2D eigenvalue weighted by Gasteiger charge is -2.35. The van der Waals surface area contributed by atoms with Crippen LogP contribution < -0.4 is 0 Å². The molecule has 0 N–H and O–H groups in total. The van der Waals surface area contributed by atoms with E-state index in [1.54, 1.807) is 4.90 Å². The minimum atomic E-state index is -3.41. The fourth-order valence-electron chi connectivity index (χ4n) is 3.06. The van der Waals surface area contributed by atoms with Crippen LogP contribution in [0.25, 0.3) is 11.3 Å². The number of amides is 1. The molecule has 0 spiro atoms. The van der Waals surface area contributed by atoms with Gasteiger partial charge in [0, 0.05) is 58.7 Å². The van der Waals surface area contributed by atoms with Crippen molar-refractivity contribution in [3.8, 4) is 11.3 Å². The average molecular weight is 391 g/mol. The lowest BCUT2D eigenvalue weighted by atomic mass is 10.2. The van der Waals surface area contributed by atoms with Crippen LogP contribution in [0.1, 0.15) is 12.2 Å². The number of furan rings is 1. The molecule has 7 nitrogen and oxygen atoms in total. The van der Waals surface area contributed by atoms with Gasteiger partial charge in [-0.2, -0.15) is 17.0 Å². The van der Waals surface area contributed by atoms with Crippen LogP contribution in [0.2, 0.25) is 0 Å². The molecule has 0 aliphatic carbocycles. The van der Waals surface area contributed by atoms with Crippen molar-refractivity contribution in [2.24, 2.45) is 0 Å². The molecule has 1 aliphatic rings. The highest BCUT2D eigenvalue weighted by molar-refractivity contribution is 7.86. The van der Waals surface area contributed by atoms with Gasteiger partial charge in [-0.05, 0) is 12.1 Å². The Hall–Kier alpha value is -2.16. The van der Waals surface area contributed by atoms with Crippen molar-refractivity contribution in [1.82, 2.24) is 13.5 Å². The molecule has 1 fully saturated rings. The summed E-state index contributed by atoms with van der Waals surface area (Å²) in [5, 5.41) is 0. The summed E-state index contributed by atoms with van der Waals surface area (Å²) in [5.41, 5.74) is 1.01. The van der Waals surface area contributed by atoms with E-state index in [0.29, 0.717) is 39.0 Å². The highest BCUT2D eigenvalue weighted by Gasteiger charge is 2.30. The van der Waals surface area contributed by atoms with E-state index in [1.807, 2.05) is 42.5 Å². The van der Waals surface area contributed by atoms with Crippen molar-refractivity contribution in [2.75, 3.05) is 40.3 Å². The van der Waals surface area contributed by atoms with E-state index in [-0.39, 0.29) is 5.91 Å². The summed E-state index contributed by atoms with van der Waals surface area (Å²) >= 11 is 0. The van der Waals surface area contributed by atoms with Crippen molar-refractivity contribution < 1.29 is 17.6 Å². The van der Waals surface area contributed by atoms with Crippen LogP contribution in [-0.4, -0.2) is 68.1 Å². The smallest absolute Gasteiger partial charge is 0.281 e. The number of carbonyl (C=O) groups is 1. The molecule has 1 aliphatic heterocycles. The quantitative estimate of drug-likeness (QED) is 0.753. The van der Waals surface area contributed by atoms with E-state index in [4.69, 9.17) is 4.42 Å². The summed E-state index contributed by atoms with van der Waals surface area (Å²) in [5.74, 6) is 1.59. The van der Waals surface area contributed by atoms with Gasteiger partial charge >= 0.3 is 0 Å². The number of piperazine rings is 1. The summed E-state index contributed by atoms with van der Waals surface area (Å²) in [6.45, 7) is 1.48. The molecule has 0 bridgehead atoms. The Labute approximate surface area is 160 Å². The summed E-state index contributed by atoms with van der Waals surface area (Å²) in [7, 11) is -0.387. The van der Waals surface area contributed by atoms with Crippen LogP contribution in [0.3, 0.4) is 0 Å². The van der Waals surface area contributed by atoms with Crippen molar-refractivity contribution in [3.63, 3.8) is 0 Å². The molecule has 3 rings (SSSR count). The number of hydrogen-bond acceptors (Lipinski definition) is 4. The van der Waals surface area contributed by atoms with Gasteiger partial charge in [0.05, 0.1) is 0 Å². The van der Waals surface area contributed by atoms with Crippen LogP contribution >= 0.6 is 0 Å². The normalized spacial score (nSPS) is 16.0. The van der Waals surface area contributed by atoms with Crippen LogP contribution in [0.4, 0.5) is 0 Å². The molecule has 27 heavy (non-hydrogen) atoms. The standard InChI is InChI=1S/C19H25N3O4S/c1-20(2)27(24,25)22-14-12-21(13-15-22)19(23)11-9-17-8-10-18(26-17)16-6-4-3-5-7-16/h3-8,10H,9,11-15H2,1-2H3. The van der Waals surface area contributed by atoms with Gasteiger partial charge in [0.1, 0.15) is 11.5 Å². The van der Waals surface area contributed by atoms with Crippen LogP contribution in [0.5, 0.6) is 0 Å². The minimum absolute atomic E-state index is 0.0227. The first kappa shape index (κ1) is 19.6. The lowest BCUT2D eigenvalue weighted by molar-refractivity contribution is -0.132. The Bertz CT molecular complexity index is 869. The van der Waals surface area contributed by atoms with E-state index in [2.05, 4.69) is 0 Å². The van der Waals surface area contributed by atoms with E-state index < -0.39 is 10.2 Å². The monoisotopic (exact) mass is 391 g/mol. The Balaban J connectivity index is 1.50. The van der Waals surface area contributed by atoms with Gasteiger partial charge in [0.15, 0.2) is 0 Å². The van der Waals surface area contributed by atoms with Gasteiger partial charge in [0.2, 0.25) is 5.91 Å². The molecule has 0 atom stereocenters. The van der Waals surface area contributed by atoms with E-state index in [1.165, 1.54) is 22.7 Å². The second kappa shape index (κ2) is 8.24. The molecular weight excluding hydrogens is 366 g/mol. The predicted octanol–water partition coefficient (Wildman–Crippen LogP) is 1.83. The van der Waals surface area contributed by atoms with Crippen LogP contribution in [0.15, 0.2) is 46.9 Å².